The van der Waals surface area contributed by atoms with Gasteiger partial charge in [0.15, 0.2) is 0 Å². The molecule has 11 heteroatoms. The van der Waals surface area contributed by atoms with E-state index in [1.807, 2.05) is 12.1 Å². The number of ether oxygens (including phenoxy) is 1. The fraction of sp³-hybridized carbons (Fsp3) is 0.415. The largest absolute Gasteiger partial charge is 0.462 e. The molecule has 0 spiro atoms. The number of halogens is 2. The predicted octanol–water partition coefficient (Wildman–Crippen LogP) is 7.44. The summed E-state index contributed by atoms with van der Waals surface area (Å²) in [7, 11) is 0. The van der Waals surface area contributed by atoms with Gasteiger partial charge in [-0.15, -0.1) is 0 Å². The van der Waals surface area contributed by atoms with E-state index in [2.05, 4.69) is 97.2 Å². The minimum Gasteiger partial charge on any atom is -0.462 e. The SMILES string of the molecule is [C-]#[N+]C[C@H]1CN(c2nc(OC[C@@H]3CCCN3CCCCc3ccc([131I])cc3)nc3c2CCN(c2cccc4cccc(Cl)c24)C3)CCN1C(=O)C=C. The van der Waals surface area contributed by atoms with Gasteiger partial charge in [-0.2, -0.15) is 9.97 Å². The molecule has 3 aromatic carbocycles. The van der Waals surface area contributed by atoms with Gasteiger partial charge in [-0.3, -0.25) is 9.69 Å². The van der Waals surface area contributed by atoms with Crippen molar-refractivity contribution in [2.75, 3.05) is 62.2 Å². The first-order valence-corrected chi connectivity index (χ1v) is 19.8. The molecule has 0 N–H and O–H groups in total. The normalized spacial score (nSPS) is 19.1. The van der Waals surface area contributed by atoms with Crippen LogP contribution in [0.15, 0.2) is 73.3 Å². The van der Waals surface area contributed by atoms with Crippen molar-refractivity contribution in [3.63, 3.8) is 0 Å². The number of carbonyl (C=O) groups excluding carboxylic acids is 1. The van der Waals surface area contributed by atoms with Gasteiger partial charge in [-0.25, -0.2) is 6.57 Å². The average molecular weight is 834 g/mol. The Kier molecular flexibility index (Phi) is 11.8. The summed E-state index contributed by atoms with van der Waals surface area (Å²) in [6, 6.07) is 21.7. The zero-order valence-electron chi connectivity index (χ0n) is 29.5. The van der Waals surface area contributed by atoms with Crippen LogP contribution in [0.25, 0.3) is 15.6 Å². The van der Waals surface area contributed by atoms with Crippen molar-refractivity contribution in [1.29, 1.82) is 0 Å². The monoisotopic (exact) mass is 833 g/mol. The molecule has 2 saturated heterocycles. The molecule has 0 bridgehead atoms. The fourth-order valence-corrected chi connectivity index (χ4v) is 8.66. The van der Waals surface area contributed by atoms with Crippen LogP contribution in [-0.4, -0.2) is 90.2 Å². The second-order valence-electron chi connectivity index (χ2n) is 13.9. The lowest BCUT2D eigenvalue weighted by molar-refractivity contribution is -0.128. The quantitative estimate of drug-likeness (QED) is 0.0637. The van der Waals surface area contributed by atoms with Crippen molar-refractivity contribution in [3.05, 3.63) is 110 Å². The van der Waals surface area contributed by atoms with Gasteiger partial charge in [0.25, 0.3) is 0 Å². The van der Waals surface area contributed by atoms with Crippen LogP contribution in [0.3, 0.4) is 0 Å². The van der Waals surface area contributed by atoms with Gasteiger partial charge >= 0.3 is 6.01 Å². The van der Waals surface area contributed by atoms with Crippen LogP contribution in [0.5, 0.6) is 6.01 Å². The van der Waals surface area contributed by atoms with Gasteiger partial charge in [0.2, 0.25) is 12.5 Å². The highest BCUT2D eigenvalue weighted by Gasteiger charge is 2.35. The minimum absolute atomic E-state index is 0.137. The van der Waals surface area contributed by atoms with Crippen molar-refractivity contribution in [2.45, 2.75) is 57.2 Å². The fourth-order valence-electron chi connectivity index (χ4n) is 8.02. The zero-order chi connectivity index (χ0) is 36.0. The van der Waals surface area contributed by atoms with Crippen LogP contribution in [0.1, 0.15) is 42.5 Å². The Morgan fingerprint density at radius 2 is 1.85 bits per heavy atom. The Bertz CT molecular complexity index is 1950. The lowest BCUT2D eigenvalue weighted by Gasteiger charge is -2.41. The first kappa shape index (κ1) is 36.4. The van der Waals surface area contributed by atoms with E-state index in [-0.39, 0.29) is 18.5 Å². The molecule has 270 valence electrons. The number of hydrogen-bond donors (Lipinski definition) is 0. The highest BCUT2D eigenvalue weighted by Crippen LogP contribution is 2.37. The van der Waals surface area contributed by atoms with Crippen LogP contribution in [0.4, 0.5) is 11.5 Å². The second-order valence-corrected chi connectivity index (χ2v) is 15.6. The van der Waals surface area contributed by atoms with Gasteiger partial charge < -0.3 is 24.3 Å². The predicted molar refractivity (Wildman–Crippen MR) is 217 cm³/mol. The average Bonchev–Trinajstić information content (AvgIpc) is 3.62. The molecule has 2 fully saturated rings. The first-order valence-electron chi connectivity index (χ1n) is 18.4. The third-order valence-electron chi connectivity index (χ3n) is 10.7. The number of carbonyl (C=O) groups is 1. The number of hydrogen-bond acceptors (Lipinski definition) is 7. The van der Waals surface area contributed by atoms with Gasteiger partial charge in [0.05, 0.1) is 17.3 Å². The number of fused-ring (bicyclic) bond motifs is 2. The molecule has 2 atom stereocenters. The summed E-state index contributed by atoms with van der Waals surface area (Å²) in [5.41, 5.74) is 4.54. The van der Waals surface area contributed by atoms with E-state index in [0.29, 0.717) is 44.8 Å². The lowest BCUT2D eigenvalue weighted by Crippen LogP contribution is -2.56. The molecular formula is C41H45ClIN7O2. The van der Waals surface area contributed by atoms with Crippen molar-refractivity contribution < 1.29 is 9.53 Å². The molecule has 3 aliphatic heterocycles. The summed E-state index contributed by atoms with van der Waals surface area (Å²) in [4.78, 5) is 35.5. The maximum absolute atomic E-state index is 12.7. The number of amides is 1. The van der Waals surface area contributed by atoms with Crippen LogP contribution < -0.4 is 14.5 Å². The number of aromatic nitrogens is 2. The molecule has 0 unspecified atom stereocenters. The van der Waals surface area contributed by atoms with E-state index in [1.54, 1.807) is 4.90 Å². The molecule has 1 amide bonds. The Hall–Kier alpha value is -3.92. The molecule has 3 aliphatic rings. The molecule has 4 aromatic rings. The van der Waals surface area contributed by atoms with Crippen molar-refractivity contribution >= 4 is 62.4 Å². The Labute approximate surface area is 325 Å². The molecular weight excluding hydrogens is 789 g/mol. The molecule has 9 nitrogen and oxygen atoms in total. The van der Waals surface area contributed by atoms with Crippen molar-refractivity contribution in [1.82, 2.24) is 19.8 Å². The Morgan fingerprint density at radius 3 is 2.65 bits per heavy atom. The highest BCUT2D eigenvalue weighted by atomic mass is 131. The number of unbranched alkanes of at least 4 members (excludes halogenated alkanes) is 1. The molecule has 1 aromatic heterocycles. The maximum Gasteiger partial charge on any atom is 0.318 e. The van der Waals surface area contributed by atoms with E-state index in [1.165, 1.54) is 28.1 Å². The highest BCUT2D eigenvalue weighted by molar-refractivity contribution is 14.1. The van der Waals surface area contributed by atoms with Crippen LogP contribution >= 0.6 is 34.2 Å². The first-order chi connectivity index (χ1) is 25.4. The Balaban J connectivity index is 1.11. The number of nitrogens with zero attached hydrogens (tertiary/aromatic N) is 7. The summed E-state index contributed by atoms with van der Waals surface area (Å²) < 4.78 is 7.80. The number of piperazine rings is 1. The smallest absolute Gasteiger partial charge is 0.318 e. The summed E-state index contributed by atoms with van der Waals surface area (Å²) in [5.74, 6) is 0.720. The van der Waals surface area contributed by atoms with Crippen LogP contribution in [-0.2, 0) is 24.2 Å². The zero-order valence-corrected chi connectivity index (χ0v) is 32.4. The molecule has 4 heterocycles. The third kappa shape index (κ3) is 8.17. The molecule has 0 radical (unpaired) electrons. The number of aryl methyl sites for hydroxylation is 1. The number of likely N-dealkylation sites (tertiary alicyclic amines) is 1. The standard InChI is InChI=1S/C41H45ClIN7O2/c1-3-38(51)50-24-23-49(26-33(50)25-44-2)40-34-19-22-48(37-14-7-11-30-10-6-13-35(42)39(30)37)27-36(34)45-41(46-40)52-28-32-12-8-21-47(32)20-5-4-9-29-15-17-31(43)18-16-29/h3,6-7,10-11,13-18,32-33H,1,4-5,8-9,12,19-28H2/t32-,33-/m0/s1/i43+4. The van der Waals surface area contributed by atoms with Gasteiger partial charge in [-0.05, 0) is 115 Å². The number of benzene rings is 3. The summed E-state index contributed by atoms with van der Waals surface area (Å²) in [5, 5.41) is 2.89. The van der Waals surface area contributed by atoms with E-state index >= 15 is 0 Å². The second kappa shape index (κ2) is 16.8. The summed E-state index contributed by atoms with van der Waals surface area (Å²) in [6.45, 7) is 17.2. The van der Waals surface area contributed by atoms with E-state index in [0.717, 1.165) is 83.9 Å². The van der Waals surface area contributed by atoms with Crippen molar-refractivity contribution in [2.24, 2.45) is 0 Å². The molecule has 52 heavy (non-hydrogen) atoms. The summed E-state index contributed by atoms with van der Waals surface area (Å²) >= 11 is 9.12. The van der Waals surface area contributed by atoms with E-state index < -0.39 is 0 Å². The van der Waals surface area contributed by atoms with Crippen LogP contribution in [0, 0.1) is 10.1 Å². The van der Waals surface area contributed by atoms with Crippen molar-refractivity contribution in [3.8, 4) is 6.01 Å². The van der Waals surface area contributed by atoms with Crippen LogP contribution in [0.2, 0.25) is 5.02 Å². The van der Waals surface area contributed by atoms with Gasteiger partial charge in [0.1, 0.15) is 18.5 Å². The lowest BCUT2D eigenvalue weighted by atomic mass is 10.0. The number of anilines is 2. The van der Waals surface area contributed by atoms with E-state index in [4.69, 9.17) is 32.9 Å². The Morgan fingerprint density at radius 1 is 1.02 bits per heavy atom. The molecule has 0 aliphatic carbocycles. The third-order valence-corrected chi connectivity index (χ3v) is 11.7. The van der Waals surface area contributed by atoms with E-state index in [9.17, 15) is 4.79 Å². The number of rotatable bonds is 12. The van der Waals surface area contributed by atoms with Gasteiger partial charge in [0, 0.05) is 52.4 Å². The topological polar surface area (TPSA) is 69.4 Å². The minimum atomic E-state index is -0.248. The molecule has 0 saturated carbocycles. The summed E-state index contributed by atoms with van der Waals surface area (Å²) in [6.07, 6.45) is 7.79. The molecule has 7 rings (SSSR count). The maximum atomic E-state index is 12.7. The van der Waals surface area contributed by atoms with Gasteiger partial charge in [-0.1, -0.05) is 54.6 Å².